The molecule has 2 heterocycles. The van der Waals surface area contributed by atoms with Crippen LogP contribution < -0.4 is 10.9 Å². The van der Waals surface area contributed by atoms with Crippen molar-refractivity contribution in [3.05, 3.63) is 52.5 Å². The van der Waals surface area contributed by atoms with E-state index < -0.39 is 29.6 Å². The highest BCUT2D eigenvalue weighted by Gasteiger charge is 2.42. The van der Waals surface area contributed by atoms with Gasteiger partial charge in [0.05, 0.1) is 13.2 Å². The summed E-state index contributed by atoms with van der Waals surface area (Å²) < 4.78 is 10.5. The minimum Gasteiger partial charge on any atom is -0.464 e. The van der Waals surface area contributed by atoms with Gasteiger partial charge in [0, 0.05) is 18.1 Å². The Morgan fingerprint density at radius 1 is 1.15 bits per heavy atom. The van der Waals surface area contributed by atoms with Crippen molar-refractivity contribution in [2.75, 3.05) is 19.8 Å². The quantitative estimate of drug-likeness (QED) is 0.269. The number of fused-ring (bicyclic) bond motifs is 1. The minimum atomic E-state index is -0.838. The first kappa shape index (κ1) is 33.6. The Kier molecular flexibility index (Phi) is 13.1. The van der Waals surface area contributed by atoms with Gasteiger partial charge in [0.1, 0.15) is 12.1 Å². The van der Waals surface area contributed by atoms with Crippen molar-refractivity contribution in [3.63, 3.8) is 0 Å². The molecule has 9 nitrogen and oxygen atoms in total. The third-order valence-electron chi connectivity index (χ3n) is 7.01. The fourth-order valence-corrected chi connectivity index (χ4v) is 4.96. The van der Waals surface area contributed by atoms with Gasteiger partial charge >= 0.3 is 12.1 Å². The number of amides is 2. The molecule has 0 bridgehead atoms. The number of nitrogens with zero attached hydrogens (tertiary/aromatic N) is 1. The smallest absolute Gasteiger partial charge is 0.407 e. The van der Waals surface area contributed by atoms with E-state index >= 15 is 0 Å². The molecular weight excluding hydrogens is 522 g/mol. The number of rotatable bonds is 11. The zero-order valence-electron chi connectivity index (χ0n) is 25.5. The zero-order valence-corrected chi connectivity index (χ0v) is 25.5. The number of nitrogens with one attached hydrogen (secondary N) is 2. The monoisotopic (exact) mass is 569 g/mol. The molecule has 1 fully saturated rings. The van der Waals surface area contributed by atoms with E-state index in [-0.39, 0.29) is 24.7 Å². The lowest BCUT2D eigenvalue weighted by Crippen LogP contribution is -2.56. The fraction of sp³-hybridized carbons (Fsp3) is 0.562. The molecule has 2 amide bonds. The number of esters is 1. The van der Waals surface area contributed by atoms with E-state index in [4.69, 9.17) is 9.47 Å². The maximum absolute atomic E-state index is 13.4. The third-order valence-corrected chi connectivity index (χ3v) is 7.01. The third kappa shape index (κ3) is 9.20. The molecule has 1 aromatic heterocycles. The first-order valence-electron chi connectivity index (χ1n) is 14.7. The van der Waals surface area contributed by atoms with E-state index in [1.807, 2.05) is 46.8 Å². The lowest BCUT2D eigenvalue weighted by atomic mass is 9.85. The molecule has 1 aromatic carbocycles. The average molecular weight is 570 g/mol. The van der Waals surface area contributed by atoms with Gasteiger partial charge in [0.2, 0.25) is 5.91 Å². The number of unbranched alkanes of at least 4 members (excludes halogenated alkanes) is 2. The van der Waals surface area contributed by atoms with Gasteiger partial charge in [-0.1, -0.05) is 53.3 Å². The summed E-state index contributed by atoms with van der Waals surface area (Å²) in [5, 5.41) is 4.26. The second-order valence-electron chi connectivity index (χ2n) is 11.0. The van der Waals surface area contributed by atoms with Gasteiger partial charge in [-0.3, -0.25) is 9.59 Å². The highest BCUT2D eigenvalue weighted by atomic mass is 16.5. The number of hydrogen-bond donors (Lipinski definition) is 2. The molecule has 9 heteroatoms. The number of carbonyl (C=O) groups excluding carboxylic acids is 3. The molecule has 41 heavy (non-hydrogen) atoms. The molecule has 2 N–H and O–H groups in total. The summed E-state index contributed by atoms with van der Waals surface area (Å²) >= 11 is 0. The van der Waals surface area contributed by atoms with Crippen LogP contribution in [0.25, 0.3) is 16.8 Å². The lowest BCUT2D eigenvalue weighted by molar-refractivity contribution is -0.154. The molecule has 1 aliphatic rings. The van der Waals surface area contributed by atoms with Crippen molar-refractivity contribution in [2.24, 2.45) is 5.41 Å². The Bertz CT molecular complexity index is 1250. The number of pyridine rings is 1. The molecule has 0 saturated carbocycles. The standard InChI is InChI=1S/C30H41N3O6.C2H6/c1-6-21-18-20(19-23-22(21)14-15-31-26(23)34)12-9-8-10-17-39-29(37)32-25(30(3,4)5)27(35)33-16-11-13-24(33)28(36)38-7-2;1-2/h6,14-15,18-19,24-25H,1,7-13,16-17H2,2-5H3,(H,31,34)(H,32,37);1-2H3/t24?,25-;/m1./s1. The van der Waals surface area contributed by atoms with Crippen LogP contribution in [0.2, 0.25) is 0 Å². The van der Waals surface area contributed by atoms with Crippen molar-refractivity contribution in [2.45, 2.75) is 92.2 Å². The number of H-pyrrole nitrogens is 1. The molecular formula is C32H47N3O6. The van der Waals surface area contributed by atoms with Crippen LogP contribution in [-0.2, 0) is 25.5 Å². The summed E-state index contributed by atoms with van der Waals surface area (Å²) in [6, 6.07) is 4.39. The molecule has 1 aliphatic heterocycles. The number of hydrogen-bond acceptors (Lipinski definition) is 6. The van der Waals surface area contributed by atoms with Crippen LogP contribution in [0.3, 0.4) is 0 Å². The summed E-state index contributed by atoms with van der Waals surface area (Å²) in [6.07, 6.45) is 7.16. The predicted octanol–water partition coefficient (Wildman–Crippen LogP) is 5.61. The second-order valence-corrected chi connectivity index (χ2v) is 11.0. The first-order chi connectivity index (χ1) is 19.6. The molecule has 0 radical (unpaired) electrons. The molecule has 1 unspecified atom stereocenters. The molecule has 1 saturated heterocycles. The van der Waals surface area contributed by atoms with E-state index in [2.05, 4.69) is 22.9 Å². The number of ether oxygens (including phenoxy) is 2. The lowest BCUT2D eigenvalue weighted by Gasteiger charge is -2.34. The maximum Gasteiger partial charge on any atom is 0.407 e. The number of aromatic nitrogens is 1. The van der Waals surface area contributed by atoms with Gasteiger partial charge in [0.15, 0.2) is 0 Å². The first-order valence-corrected chi connectivity index (χ1v) is 14.7. The Hall–Kier alpha value is -3.62. The summed E-state index contributed by atoms with van der Waals surface area (Å²) in [4.78, 5) is 54.7. The van der Waals surface area contributed by atoms with Crippen molar-refractivity contribution in [1.82, 2.24) is 15.2 Å². The fourth-order valence-electron chi connectivity index (χ4n) is 4.96. The summed E-state index contributed by atoms with van der Waals surface area (Å²) in [6.45, 7) is 16.1. The predicted molar refractivity (Wildman–Crippen MR) is 163 cm³/mol. The van der Waals surface area contributed by atoms with Gasteiger partial charge in [-0.25, -0.2) is 9.59 Å². The van der Waals surface area contributed by atoms with Crippen molar-refractivity contribution < 1.29 is 23.9 Å². The van der Waals surface area contributed by atoms with E-state index in [1.165, 1.54) is 4.90 Å². The SMILES string of the molecule is C=Cc1cc(CCCCCOC(=O)N[C@H](C(=O)N2CCCC2C(=O)OCC)C(C)(C)C)cc2c(=O)[nH]ccc12.CC. The minimum absolute atomic E-state index is 0.120. The Balaban J connectivity index is 0.00000287. The van der Waals surface area contributed by atoms with Gasteiger partial charge < -0.3 is 24.7 Å². The van der Waals surface area contributed by atoms with Crippen LogP contribution in [0.1, 0.15) is 84.8 Å². The van der Waals surface area contributed by atoms with Gasteiger partial charge in [-0.2, -0.15) is 0 Å². The van der Waals surface area contributed by atoms with Crippen LogP contribution in [0.15, 0.2) is 35.8 Å². The summed E-state index contributed by atoms with van der Waals surface area (Å²) in [7, 11) is 0. The van der Waals surface area contributed by atoms with E-state index in [0.29, 0.717) is 31.2 Å². The highest BCUT2D eigenvalue weighted by Crippen LogP contribution is 2.26. The Morgan fingerprint density at radius 3 is 2.54 bits per heavy atom. The second kappa shape index (κ2) is 16.0. The number of carbonyl (C=O) groups is 3. The van der Waals surface area contributed by atoms with E-state index in [9.17, 15) is 19.2 Å². The molecule has 3 rings (SSSR count). The van der Waals surface area contributed by atoms with Crippen LogP contribution in [-0.4, -0.2) is 59.7 Å². The number of likely N-dealkylation sites (tertiary alicyclic amines) is 1. The average Bonchev–Trinajstić information content (AvgIpc) is 3.44. The molecule has 0 spiro atoms. The van der Waals surface area contributed by atoms with Crippen LogP contribution in [0.4, 0.5) is 4.79 Å². The van der Waals surface area contributed by atoms with Gasteiger partial charge in [0.25, 0.3) is 5.56 Å². The van der Waals surface area contributed by atoms with E-state index in [1.54, 1.807) is 19.2 Å². The van der Waals surface area contributed by atoms with Crippen LogP contribution >= 0.6 is 0 Å². The molecule has 0 aliphatic carbocycles. The topological polar surface area (TPSA) is 118 Å². The van der Waals surface area contributed by atoms with Crippen LogP contribution in [0, 0.1) is 5.41 Å². The van der Waals surface area contributed by atoms with Crippen LogP contribution in [0.5, 0.6) is 0 Å². The van der Waals surface area contributed by atoms with Gasteiger partial charge in [-0.15, -0.1) is 0 Å². The number of alkyl carbamates (subject to hydrolysis) is 1. The Morgan fingerprint density at radius 2 is 1.88 bits per heavy atom. The zero-order chi connectivity index (χ0) is 30.6. The Labute approximate surface area is 243 Å². The maximum atomic E-state index is 13.4. The number of aryl methyl sites for hydroxylation is 1. The van der Waals surface area contributed by atoms with Crippen molar-refractivity contribution in [3.8, 4) is 0 Å². The number of benzene rings is 1. The van der Waals surface area contributed by atoms with Gasteiger partial charge in [-0.05, 0) is 79.5 Å². The largest absolute Gasteiger partial charge is 0.464 e. The van der Waals surface area contributed by atoms with Crippen molar-refractivity contribution in [1.29, 1.82) is 0 Å². The molecule has 2 aromatic rings. The van der Waals surface area contributed by atoms with Crippen molar-refractivity contribution >= 4 is 34.8 Å². The summed E-state index contributed by atoms with van der Waals surface area (Å²) in [5.74, 6) is -0.710. The summed E-state index contributed by atoms with van der Waals surface area (Å²) in [5.41, 5.74) is 1.29. The highest BCUT2D eigenvalue weighted by molar-refractivity contribution is 5.91. The number of aromatic amines is 1. The molecule has 226 valence electrons. The normalized spacial score (nSPS) is 15.5. The van der Waals surface area contributed by atoms with E-state index in [0.717, 1.165) is 35.8 Å². The molecule has 2 atom stereocenters.